The van der Waals surface area contributed by atoms with Gasteiger partial charge in [0.15, 0.2) is 0 Å². The van der Waals surface area contributed by atoms with Crippen molar-refractivity contribution in [2.75, 3.05) is 178 Å². The number of hydrogen-bond donors (Lipinski definition) is 1. The SMILES string of the molecule is CCCCCCCCCCCOCCOCCOCCOCCOCCOCCOCCOCCOCCOCCOCCOCCOCCO. The third-order valence-electron chi connectivity index (χ3n) is 7.09. The van der Waals surface area contributed by atoms with Gasteiger partial charge in [0.05, 0.1) is 172 Å². The van der Waals surface area contributed by atoms with Gasteiger partial charge in [0.2, 0.25) is 0 Å². The topological polar surface area (TPSA) is 140 Å². The molecular formula is C37H76O14. The van der Waals surface area contributed by atoms with Crippen LogP contribution in [0.2, 0.25) is 0 Å². The molecule has 0 radical (unpaired) electrons. The van der Waals surface area contributed by atoms with E-state index in [1.807, 2.05) is 0 Å². The third kappa shape index (κ3) is 49.4. The summed E-state index contributed by atoms with van der Waals surface area (Å²) in [4.78, 5) is 0. The molecule has 0 saturated carbocycles. The van der Waals surface area contributed by atoms with E-state index >= 15 is 0 Å². The van der Waals surface area contributed by atoms with E-state index in [0.29, 0.717) is 165 Å². The average molecular weight is 745 g/mol. The maximum Gasteiger partial charge on any atom is 0.0701 e. The zero-order chi connectivity index (χ0) is 36.6. The van der Waals surface area contributed by atoms with Gasteiger partial charge < -0.3 is 66.7 Å². The molecule has 0 amide bonds. The molecule has 51 heavy (non-hydrogen) atoms. The van der Waals surface area contributed by atoms with Gasteiger partial charge in [0.25, 0.3) is 0 Å². The normalized spacial score (nSPS) is 11.6. The molecule has 0 fully saturated rings. The number of unbranched alkanes of at least 4 members (excludes halogenated alkanes) is 8. The van der Waals surface area contributed by atoms with Crippen molar-refractivity contribution in [3.8, 4) is 0 Å². The summed E-state index contributed by atoms with van der Waals surface area (Å²) in [5, 5.41) is 8.59. The van der Waals surface area contributed by atoms with Crippen LogP contribution in [0.5, 0.6) is 0 Å². The molecule has 14 nitrogen and oxygen atoms in total. The summed E-state index contributed by atoms with van der Waals surface area (Å²) >= 11 is 0. The molecular weight excluding hydrogens is 668 g/mol. The van der Waals surface area contributed by atoms with Crippen LogP contribution >= 0.6 is 0 Å². The Morgan fingerprint density at radius 1 is 0.216 bits per heavy atom. The Morgan fingerprint density at radius 2 is 0.392 bits per heavy atom. The van der Waals surface area contributed by atoms with Crippen LogP contribution in [0.4, 0.5) is 0 Å². The summed E-state index contributed by atoms with van der Waals surface area (Å²) in [5.74, 6) is 0. The quantitative estimate of drug-likeness (QED) is 0.0906. The summed E-state index contributed by atoms with van der Waals surface area (Å²) in [6.07, 6.45) is 12.0. The zero-order valence-corrected chi connectivity index (χ0v) is 32.2. The third-order valence-corrected chi connectivity index (χ3v) is 7.09. The van der Waals surface area contributed by atoms with Crippen molar-refractivity contribution in [1.29, 1.82) is 0 Å². The number of ether oxygens (including phenoxy) is 13. The lowest BCUT2D eigenvalue weighted by molar-refractivity contribution is -0.0292. The highest BCUT2D eigenvalue weighted by molar-refractivity contribution is 4.47. The largest absolute Gasteiger partial charge is 0.394 e. The molecule has 0 aromatic carbocycles. The first-order valence-corrected chi connectivity index (χ1v) is 19.5. The molecule has 0 saturated heterocycles. The van der Waals surface area contributed by atoms with Crippen molar-refractivity contribution in [2.45, 2.75) is 64.7 Å². The second-order valence-corrected chi connectivity index (χ2v) is 11.5. The summed E-state index contributed by atoms with van der Waals surface area (Å²) in [6.45, 7) is 16.0. The molecule has 308 valence electrons. The van der Waals surface area contributed by atoms with E-state index in [2.05, 4.69) is 6.92 Å². The lowest BCUT2D eigenvalue weighted by atomic mass is 10.1. The van der Waals surface area contributed by atoms with Crippen LogP contribution < -0.4 is 0 Å². The van der Waals surface area contributed by atoms with Crippen LogP contribution in [0.1, 0.15) is 64.7 Å². The highest BCUT2D eigenvalue weighted by atomic mass is 16.6. The van der Waals surface area contributed by atoms with E-state index in [-0.39, 0.29) is 6.61 Å². The van der Waals surface area contributed by atoms with Crippen molar-refractivity contribution >= 4 is 0 Å². The maximum atomic E-state index is 8.59. The fourth-order valence-electron chi connectivity index (χ4n) is 4.32. The van der Waals surface area contributed by atoms with Gasteiger partial charge in [-0.3, -0.25) is 0 Å². The van der Waals surface area contributed by atoms with Crippen molar-refractivity contribution in [1.82, 2.24) is 0 Å². The molecule has 0 spiro atoms. The van der Waals surface area contributed by atoms with Gasteiger partial charge in [-0.2, -0.15) is 0 Å². The second-order valence-electron chi connectivity index (χ2n) is 11.5. The first kappa shape index (κ1) is 50.4. The molecule has 0 aliphatic rings. The van der Waals surface area contributed by atoms with Crippen LogP contribution in [0.3, 0.4) is 0 Å². The van der Waals surface area contributed by atoms with Crippen molar-refractivity contribution in [2.24, 2.45) is 0 Å². The summed E-state index contributed by atoms with van der Waals surface area (Å²) in [7, 11) is 0. The molecule has 1 N–H and O–H groups in total. The predicted molar refractivity (Wildman–Crippen MR) is 195 cm³/mol. The Hall–Kier alpha value is -0.560. The van der Waals surface area contributed by atoms with Crippen LogP contribution in [-0.2, 0) is 61.6 Å². The molecule has 0 heterocycles. The minimum atomic E-state index is 0.0257. The average Bonchev–Trinajstić information content (AvgIpc) is 3.14. The van der Waals surface area contributed by atoms with E-state index in [0.717, 1.165) is 13.0 Å². The van der Waals surface area contributed by atoms with Crippen LogP contribution in [-0.4, -0.2) is 183 Å². The summed E-state index contributed by atoms with van der Waals surface area (Å²) < 4.78 is 70.9. The fourth-order valence-corrected chi connectivity index (χ4v) is 4.32. The first-order chi connectivity index (χ1) is 25.4. The van der Waals surface area contributed by atoms with Crippen molar-refractivity contribution in [3.05, 3.63) is 0 Å². The Labute approximate surface area is 309 Å². The molecule has 0 aromatic rings. The van der Waals surface area contributed by atoms with Crippen molar-refractivity contribution < 1.29 is 66.7 Å². The molecule has 0 aliphatic heterocycles. The van der Waals surface area contributed by atoms with E-state index in [1.165, 1.54) is 51.4 Å². The second kappa shape index (κ2) is 49.4. The highest BCUT2D eigenvalue weighted by Crippen LogP contribution is 2.09. The van der Waals surface area contributed by atoms with Gasteiger partial charge in [-0.25, -0.2) is 0 Å². The summed E-state index contributed by atoms with van der Waals surface area (Å²) in [5.41, 5.74) is 0. The Morgan fingerprint density at radius 3 is 0.608 bits per heavy atom. The smallest absolute Gasteiger partial charge is 0.0701 e. The molecule has 0 rings (SSSR count). The molecule has 0 unspecified atom stereocenters. The van der Waals surface area contributed by atoms with Gasteiger partial charge in [-0.1, -0.05) is 58.3 Å². The Balaban J connectivity index is 3.04. The first-order valence-electron chi connectivity index (χ1n) is 19.5. The van der Waals surface area contributed by atoms with Gasteiger partial charge in [-0.05, 0) is 6.42 Å². The maximum absolute atomic E-state index is 8.59. The molecule has 0 atom stereocenters. The zero-order valence-electron chi connectivity index (χ0n) is 32.2. The minimum Gasteiger partial charge on any atom is -0.394 e. The van der Waals surface area contributed by atoms with Crippen molar-refractivity contribution in [3.63, 3.8) is 0 Å². The van der Waals surface area contributed by atoms with Gasteiger partial charge in [0, 0.05) is 6.61 Å². The van der Waals surface area contributed by atoms with Crippen LogP contribution in [0.25, 0.3) is 0 Å². The number of aliphatic hydroxyl groups excluding tert-OH is 1. The number of hydrogen-bond acceptors (Lipinski definition) is 14. The van der Waals surface area contributed by atoms with E-state index in [4.69, 9.17) is 66.7 Å². The predicted octanol–water partition coefficient (Wildman–Crippen LogP) is 3.73. The molecule has 14 heteroatoms. The van der Waals surface area contributed by atoms with Crippen LogP contribution in [0, 0.1) is 0 Å². The standard InChI is InChI=1S/C37H76O14/c1-2-3-4-5-6-7-8-9-10-12-39-14-16-41-18-20-43-22-24-45-26-28-47-30-32-49-34-36-51-37-35-50-33-31-48-29-27-46-25-23-44-21-19-42-17-15-40-13-11-38/h38H,2-37H2,1H3. The number of rotatable bonds is 48. The van der Waals surface area contributed by atoms with Gasteiger partial charge in [0.1, 0.15) is 0 Å². The van der Waals surface area contributed by atoms with E-state index in [9.17, 15) is 0 Å². The van der Waals surface area contributed by atoms with Crippen LogP contribution in [0.15, 0.2) is 0 Å². The van der Waals surface area contributed by atoms with E-state index < -0.39 is 0 Å². The van der Waals surface area contributed by atoms with E-state index in [1.54, 1.807) is 0 Å². The monoisotopic (exact) mass is 745 g/mol. The fraction of sp³-hybridized carbons (Fsp3) is 1.00. The Kier molecular flexibility index (Phi) is 48.9. The summed E-state index contributed by atoms with van der Waals surface area (Å²) in [6, 6.07) is 0. The molecule has 0 bridgehead atoms. The highest BCUT2D eigenvalue weighted by Gasteiger charge is 1.98. The van der Waals surface area contributed by atoms with Gasteiger partial charge >= 0.3 is 0 Å². The lowest BCUT2D eigenvalue weighted by Crippen LogP contribution is -2.15. The molecule has 0 aliphatic carbocycles. The Bertz CT molecular complexity index is 545. The van der Waals surface area contributed by atoms with Gasteiger partial charge in [-0.15, -0.1) is 0 Å². The molecule has 0 aromatic heterocycles. The number of aliphatic hydroxyl groups is 1. The minimum absolute atomic E-state index is 0.0257. The lowest BCUT2D eigenvalue weighted by Gasteiger charge is -2.09.